The Morgan fingerprint density at radius 2 is 1.42 bits per heavy atom. The Balaban J connectivity index is 1.55. The maximum atomic E-state index is 13.1. The summed E-state index contributed by atoms with van der Waals surface area (Å²) >= 11 is 0. The maximum Gasteiger partial charge on any atom is 0.199 e. The zero-order valence-electron chi connectivity index (χ0n) is 17.1. The van der Waals surface area contributed by atoms with E-state index in [4.69, 9.17) is 14.2 Å². The monoisotopic (exact) mass is 424 g/mol. The first-order valence-corrected chi connectivity index (χ1v) is 9.97. The Morgan fingerprint density at radius 1 is 0.968 bits per heavy atom. The molecule has 0 bridgehead atoms. The van der Waals surface area contributed by atoms with E-state index in [1.165, 1.54) is 12.1 Å². The fourth-order valence-electron chi connectivity index (χ4n) is 4.00. The summed E-state index contributed by atoms with van der Waals surface area (Å²) in [4.78, 5) is 26.1. The predicted octanol–water partition coefficient (Wildman–Crippen LogP) is 1.89. The second-order valence-electron chi connectivity index (χ2n) is 7.96. The average Bonchev–Trinajstić information content (AvgIpc) is 3.32. The molecule has 4 rings (SSSR count). The van der Waals surface area contributed by atoms with Crippen LogP contribution in [0.4, 0.5) is 0 Å². The fraction of sp³-hybridized carbons (Fsp3) is 0.333. The Hall–Kier alpha value is -2.84. The number of Topliss-reactive ketones (excluding diaryl/α,β-unsaturated/α-hetero) is 2. The average molecular weight is 424 g/mol. The van der Waals surface area contributed by atoms with E-state index >= 15 is 0 Å². The molecule has 0 spiro atoms. The van der Waals surface area contributed by atoms with Gasteiger partial charge in [0.2, 0.25) is 0 Å². The molecule has 162 valence electrons. The molecule has 2 N–H and O–H groups in total. The molecule has 7 nitrogen and oxygen atoms in total. The third-order valence-electron chi connectivity index (χ3n) is 5.77. The van der Waals surface area contributed by atoms with Crippen molar-refractivity contribution in [2.75, 3.05) is 19.8 Å². The molecule has 0 unspecified atom stereocenters. The molecule has 2 aromatic rings. The highest BCUT2D eigenvalue weighted by Gasteiger charge is 2.67. The fourth-order valence-corrected chi connectivity index (χ4v) is 4.00. The summed E-state index contributed by atoms with van der Waals surface area (Å²) in [5.41, 5.74) is -2.50. The molecular weight excluding hydrogens is 400 g/mol. The van der Waals surface area contributed by atoms with Crippen molar-refractivity contribution in [2.24, 2.45) is 0 Å². The van der Waals surface area contributed by atoms with Crippen LogP contribution in [0, 0.1) is 6.92 Å². The van der Waals surface area contributed by atoms with Gasteiger partial charge in [-0.3, -0.25) is 9.59 Å². The van der Waals surface area contributed by atoms with E-state index in [1.54, 1.807) is 42.5 Å². The first-order valence-electron chi connectivity index (χ1n) is 9.97. The van der Waals surface area contributed by atoms with Gasteiger partial charge < -0.3 is 24.4 Å². The van der Waals surface area contributed by atoms with Crippen LogP contribution in [0.5, 0.6) is 5.75 Å². The van der Waals surface area contributed by atoms with Crippen molar-refractivity contribution in [2.45, 2.75) is 30.3 Å². The number of ether oxygens (including phenoxy) is 3. The van der Waals surface area contributed by atoms with E-state index < -0.39 is 35.0 Å². The summed E-state index contributed by atoms with van der Waals surface area (Å²) in [5, 5.41) is 22.3. The third kappa shape index (κ3) is 3.59. The number of aryl methyl sites for hydroxylation is 1. The third-order valence-corrected chi connectivity index (χ3v) is 5.77. The summed E-state index contributed by atoms with van der Waals surface area (Å²) in [5.74, 6) is -0.623. The van der Waals surface area contributed by atoms with Crippen molar-refractivity contribution < 1.29 is 34.0 Å². The van der Waals surface area contributed by atoms with Crippen LogP contribution >= 0.6 is 0 Å². The summed E-state index contributed by atoms with van der Waals surface area (Å²) in [6.45, 7) is 5.03. The van der Waals surface area contributed by atoms with Crippen LogP contribution in [0.1, 0.15) is 26.3 Å². The first-order chi connectivity index (χ1) is 14.8. The quantitative estimate of drug-likeness (QED) is 0.517. The van der Waals surface area contributed by atoms with Gasteiger partial charge >= 0.3 is 0 Å². The number of rotatable bonds is 7. The molecule has 0 amide bonds. The van der Waals surface area contributed by atoms with Crippen molar-refractivity contribution >= 4 is 11.6 Å². The highest BCUT2D eigenvalue weighted by Crippen LogP contribution is 2.42. The lowest BCUT2D eigenvalue weighted by Crippen LogP contribution is -2.54. The largest absolute Gasteiger partial charge is 0.490 e. The number of carbonyl (C=O) groups excluding carboxylic acids is 2. The zero-order valence-corrected chi connectivity index (χ0v) is 17.1. The van der Waals surface area contributed by atoms with Crippen LogP contribution in [-0.4, -0.2) is 65.0 Å². The minimum atomic E-state index is -2.02. The molecule has 2 aliphatic heterocycles. The lowest BCUT2D eigenvalue weighted by atomic mass is 9.82. The second-order valence-corrected chi connectivity index (χ2v) is 7.96. The molecule has 31 heavy (non-hydrogen) atoms. The Bertz CT molecular complexity index is 998. The van der Waals surface area contributed by atoms with Crippen molar-refractivity contribution in [3.8, 4) is 5.75 Å². The van der Waals surface area contributed by atoms with E-state index in [-0.39, 0.29) is 18.8 Å². The zero-order chi connectivity index (χ0) is 22.2. The smallest absolute Gasteiger partial charge is 0.199 e. The lowest BCUT2D eigenvalue weighted by molar-refractivity contribution is -0.0640. The van der Waals surface area contributed by atoms with Crippen molar-refractivity contribution in [1.29, 1.82) is 0 Å². The minimum absolute atomic E-state index is 0.238. The highest BCUT2D eigenvalue weighted by atomic mass is 16.6. The standard InChI is InChI=1S/C24H24O7/c1-3-12-29-18-10-8-17(9-11-18)20(26)24(28)14-31-21-22(24)30-13-23(21,27)19(25)16-6-4-15(2)5-7-16/h3-11,21-22,27-28H,1,12-14H2,2H3/t21-,22-,23-,24+/m0/s1. The Morgan fingerprint density at radius 3 is 1.87 bits per heavy atom. The molecule has 2 heterocycles. The molecule has 0 radical (unpaired) electrons. The van der Waals surface area contributed by atoms with Gasteiger partial charge in [0.25, 0.3) is 0 Å². The SMILES string of the molecule is C=CCOc1ccc(C(=O)[C@]2(O)CO[C@H]3[C@@H]2OC[C@]3(O)C(=O)c2ccc(C)cc2)cc1. The normalized spacial score (nSPS) is 29.4. The lowest BCUT2D eigenvalue weighted by Gasteiger charge is -2.26. The molecule has 2 aromatic carbocycles. The molecule has 4 atom stereocenters. The van der Waals surface area contributed by atoms with Crippen LogP contribution in [0.25, 0.3) is 0 Å². The number of fused-ring (bicyclic) bond motifs is 1. The molecule has 0 saturated carbocycles. The Kier molecular flexibility index (Phi) is 5.53. The summed E-state index contributed by atoms with van der Waals surface area (Å²) < 4.78 is 16.6. The van der Waals surface area contributed by atoms with Crippen LogP contribution in [0.2, 0.25) is 0 Å². The topological polar surface area (TPSA) is 102 Å². The van der Waals surface area contributed by atoms with Crippen LogP contribution in [0.15, 0.2) is 61.2 Å². The molecule has 0 aromatic heterocycles. The second kappa shape index (κ2) is 8.01. The van der Waals surface area contributed by atoms with E-state index in [0.717, 1.165) is 5.56 Å². The Labute approximate surface area is 179 Å². The van der Waals surface area contributed by atoms with Gasteiger partial charge in [0.1, 0.15) is 24.6 Å². The molecule has 0 aliphatic carbocycles. The summed E-state index contributed by atoms with van der Waals surface area (Å²) in [7, 11) is 0. The summed E-state index contributed by atoms with van der Waals surface area (Å²) in [6, 6.07) is 13.1. The van der Waals surface area contributed by atoms with Crippen LogP contribution < -0.4 is 4.74 Å². The van der Waals surface area contributed by atoms with Gasteiger partial charge in [-0.25, -0.2) is 0 Å². The van der Waals surface area contributed by atoms with Gasteiger partial charge in [-0.2, -0.15) is 0 Å². The molecule has 2 fully saturated rings. The van der Waals surface area contributed by atoms with E-state index in [9.17, 15) is 19.8 Å². The molecular formula is C24H24O7. The minimum Gasteiger partial charge on any atom is -0.490 e. The van der Waals surface area contributed by atoms with Crippen molar-refractivity contribution in [1.82, 2.24) is 0 Å². The van der Waals surface area contributed by atoms with E-state index in [1.807, 2.05) is 6.92 Å². The van der Waals surface area contributed by atoms with Gasteiger partial charge in [-0.1, -0.05) is 42.5 Å². The van der Waals surface area contributed by atoms with E-state index in [2.05, 4.69) is 6.58 Å². The van der Waals surface area contributed by atoms with Crippen LogP contribution in [0.3, 0.4) is 0 Å². The van der Waals surface area contributed by atoms with Gasteiger partial charge in [0.15, 0.2) is 22.8 Å². The van der Waals surface area contributed by atoms with Crippen LogP contribution in [-0.2, 0) is 9.47 Å². The number of aliphatic hydroxyl groups is 2. The van der Waals surface area contributed by atoms with Gasteiger partial charge in [0.05, 0.1) is 13.2 Å². The number of hydrogen-bond acceptors (Lipinski definition) is 7. The van der Waals surface area contributed by atoms with Crippen molar-refractivity contribution in [3.63, 3.8) is 0 Å². The number of ketones is 2. The first kappa shape index (κ1) is 21.4. The van der Waals surface area contributed by atoms with Gasteiger partial charge in [-0.05, 0) is 31.2 Å². The number of hydrogen-bond donors (Lipinski definition) is 2. The molecule has 7 heteroatoms. The molecule has 2 aliphatic rings. The van der Waals surface area contributed by atoms with Gasteiger partial charge in [0, 0.05) is 11.1 Å². The van der Waals surface area contributed by atoms with Crippen molar-refractivity contribution in [3.05, 3.63) is 77.9 Å². The van der Waals surface area contributed by atoms with Gasteiger partial charge in [-0.15, -0.1) is 0 Å². The maximum absolute atomic E-state index is 13.1. The van der Waals surface area contributed by atoms with E-state index in [0.29, 0.717) is 17.9 Å². The molecule has 2 saturated heterocycles. The predicted molar refractivity (Wildman–Crippen MR) is 111 cm³/mol. The number of carbonyl (C=O) groups is 2. The summed E-state index contributed by atoms with van der Waals surface area (Å²) in [6.07, 6.45) is -0.726. The highest BCUT2D eigenvalue weighted by molar-refractivity contribution is 6.05. The number of benzene rings is 2.